The Hall–Kier alpha value is -9.15. The van der Waals surface area contributed by atoms with E-state index in [2.05, 4.69) is 52.5 Å². The zero-order chi connectivity index (χ0) is 62.7. The maximum atomic E-state index is 14.5. The summed E-state index contributed by atoms with van der Waals surface area (Å²) in [6, 6.07) is -17.7. The van der Waals surface area contributed by atoms with E-state index < -0.39 is 213 Å². The van der Waals surface area contributed by atoms with E-state index in [1.807, 2.05) is 0 Å². The molecule has 3 saturated heterocycles. The summed E-state index contributed by atoms with van der Waals surface area (Å²) in [6.45, 7) is 1.05. The van der Waals surface area contributed by atoms with Crippen LogP contribution in [0.1, 0.15) is 90.2 Å². The fourth-order valence-corrected chi connectivity index (χ4v) is 9.25. The molecule has 35 heteroatoms. The number of carbonyl (C=O) groups is 16. The maximum absolute atomic E-state index is 14.5. The normalized spacial score (nSPS) is 27.3. The molecule has 0 radical (unpaired) electrons. The third kappa shape index (κ3) is 19.2. The molecule has 0 unspecified atom stereocenters. The fourth-order valence-electron chi connectivity index (χ4n) is 9.25. The summed E-state index contributed by atoms with van der Waals surface area (Å²) in [5.41, 5.74) is -2.26. The molecule has 1 aromatic rings. The number of rotatable bonds is 17. The Kier molecular flexibility index (Phi) is 24.7. The van der Waals surface area contributed by atoms with Crippen molar-refractivity contribution in [2.45, 2.75) is 157 Å². The number of amides is 10. The van der Waals surface area contributed by atoms with Gasteiger partial charge in [0.25, 0.3) is 11.8 Å². The first-order chi connectivity index (χ1) is 39.5. The zero-order valence-electron chi connectivity index (χ0n) is 45.8. The molecule has 462 valence electrons. The molecule has 0 saturated carbocycles. The van der Waals surface area contributed by atoms with Crippen LogP contribution in [-0.2, 0) is 83.1 Å². The number of hydrogen-bond acceptors (Lipinski definition) is 19. The van der Waals surface area contributed by atoms with E-state index in [0.717, 1.165) is 25.8 Å². The number of likely N-dealkylation sites (N-methyl/N-ethyl adjacent to an activating group) is 1. The summed E-state index contributed by atoms with van der Waals surface area (Å²) in [7, 11) is 1.01. The number of carboxylic acids is 5. The van der Waals surface area contributed by atoms with Gasteiger partial charge in [-0.15, -0.1) is 0 Å². The Labute approximate surface area is 477 Å². The van der Waals surface area contributed by atoms with Gasteiger partial charge in [-0.1, -0.05) is 0 Å². The van der Waals surface area contributed by atoms with Gasteiger partial charge in [0.2, 0.25) is 47.3 Å². The predicted molar refractivity (Wildman–Crippen MR) is 278 cm³/mol. The van der Waals surface area contributed by atoms with E-state index in [1.165, 1.54) is 17.4 Å². The molecule has 4 rings (SSSR count). The van der Waals surface area contributed by atoms with Gasteiger partial charge in [0, 0.05) is 64.4 Å². The predicted octanol–water partition coefficient (Wildman–Crippen LogP) is -7.12. The van der Waals surface area contributed by atoms with Gasteiger partial charge in [0.15, 0.2) is 6.04 Å². The van der Waals surface area contributed by atoms with Crippen LogP contribution in [0.3, 0.4) is 0 Å². The van der Waals surface area contributed by atoms with Gasteiger partial charge in [0.05, 0.1) is 37.7 Å². The number of nitrogens with one attached hydrogen (secondary N) is 9. The lowest BCUT2D eigenvalue weighted by atomic mass is 9.93. The topological polar surface area (TPSA) is 529 Å². The monoisotopic (exact) mass is 1190 g/mol. The largest absolute Gasteiger partial charge is 0.481 e. The van der Waals surface area contributed by atoms with Crippen molar-refractivity contribution in [1.29, 1.82) is 0 Å². The van der Waals surface area contributed by atoms with Crippen LogP contribution in [0.4, 0.5) is 0 Å². The summed E-state index contributed by atoms with van der Waals surface area (Å²) in [5.74, 6) is -21.0. The standard InChI is InChI=1S/C49H69N13O22/c1-23-39(75)53-26(8-9-32(65)66)40(76)55-30(18-36(73)74)44(80)57-37(24(2)64)48(84)62-14-6-7-31(62)45(81)59-49(21-63,11-10-33(67)68)20-51-27(16-34(69)70)41(77)56-29(17-35(71)72)42(78)54-28(15-25-19-50-22-52-25)43(79)58-38(46(82)60(23)3)47(83)61-12-4-5-13-61/h19,21-24,26-31,37-38,51,64H,4-18,20H2,1-3H3,(H,50,52)(H,53,75)(H,54,78)(H,55,76)(H,56,77)(H,57,80)(H,58,79)(H,59,81)(H,65,66)(H,67,68)(H,69,70)(H,71,72)(H,73,74)/t23-,24-,26+,27+,28+,29+,30+,31+,37+,38+,49-/m1/s1. The van der Waals surface area contributed by atoms with Crippen LogP contribution in [0.5, 0.6) is 0 Å². The van der Waals surface area contributed by atoms with Crippen molar-refractivity contribution < 1.29 is 107 Å². The van der Waals surface area contributed by atoms with Crippen LogP contribution >= 0.6 is 0 Å². The van der Waals surface area contributed by atoms with Gasteiger partial charge in [-0.2, -0.15) is 0 Å². The number of carbonyl (C=O) groups excluding carboxylic acids is 11. The average molecular weight is 1190 g/mol. The SMILES string of the molecule is C[C@@H]1C(=O)N[C@@H](CCC(=O)O)C(=O)N[C@@H](CC(=O)O)C(=O)N[C@@H]([C@@H](C)O)C(=O)N2CCC[C@H]2C(=O)N[C@](C=O)(CCC(=O)O)CN[C@@H](CC(=O)O)C(=O)N[C@@H](CC(=O)O)C(=O)N[C@@H](Cc2cnc[nH]2)C(=O)N[C@H](C(=O)N2CCCC2)C(=O)N1C. The molecule has 84 heavy (non-hydrogen) atoms. The number of aliphatic carboxylic acids is 5. The van der Waals surface area contributed by atoms with E-state index in [1.54, 1.807) is 0 Å². The number of aliphatic hydroxyl groups excluding tert-OH is 1. The number of aromatic amines is 1. The van der Waals surface area contributed by atoms with Gasteiger partial charge in [-0.05, 0) is 52.4 Å². The highest BCUT2D eigenvalue weighted by atomic mass is 16.4. The fraction of sp³-hybridized carbons (Fsp3) is 0.612. The number of fused-ring (bicyclic) bond motifs is 1. The maximum Gasteiger partial charge on any atom is 0.305 e. The molecule has 4 heterocycles. The minimum absolute atomic E-state index is 0.0489. The van der Waals surface area contributed by atoms with Gasteiger partial charge in [-0.3, -0.25) is 71.9 Å². The first-order valence-corrected chi connectivity index (χ1v) is 26.4. The van der Waals surface area contributed by atoms with Crippen molar-refractivity contribution >= 4 is 95.2 Å². The van der Waals surface area contributed by atoms with Crippen molar-refractivity contribution in [3.05, 3.63) is 18.2 Å². The van der Waals surface area contributed by atoms with Crippen molar-refractivity contribution in [1.82, 2.24) is 67.2 Å². The number of aliphatic hydroxyl groups is 1. The molecule has 1 aromatic heterocycles. The Balaban J connectivity index is 1.89. The van der Waals surface area contributed by atoms with Crippen LogP contribution in [-0.4, -0.2) is 250 Å². The quantitative estimate of drug-likeness (QED) is 0.0509. The number of imidazole rings is 1. The van der Waals surface area contributed by atoms with E-state index in [0.29, 0.717) is 17.7 Å². The number of aromatic nitrogens is 2. The van der Waals surface area contributed by atoms with Crippen LogP contribution < -0.4 is 42.5 Å². The van der Waals surface area contributed by atoms with Crippen LogP contribution in [0.2, 0.25) is 0 Å². The van der Waals surface area contributed by atoms with E-state index in [9.17, 15) is 107 Å². The molecule has 0 aliphatic carbocycles. The first-order valence-electron chi connectivity index (χ1n) is 26.4. The molecule has 0 aromatic carbocycles. The number of carboxylic acid groups (broad SMARTS) is 5. The molecule has 3 aliphatic heterocycles. The molecule has 3 fully saturated rings. The van der Waals surface area contributed by atoms with E-state index in [-0.39, 0.29) is 44.5 Å². The molecular formula is C49H69N13O22. The Morgan fingerprint density at radius 2 is 1.18 bits per heavy atom. The second kappa shape index (κ2) is 30.8. The second-order valence-electron chi connectivity index (χ2n) is 20.4. The van der Waals surface area contributed by atoms with E-state index in [4.69, 9.17) is 0 Å². The Bertz CT molecular complexity index is 2680. The molecular weight excluding hydrogens is 1120 g/mol. The average Bonchev–Trinajstić information content (AvgIpc) is 3.65. The van der Waals surface area contributed by atoms with Crippen molar-refractivity contribution in [2.75, 3.05) is 33.2 Å². The molecule has 0 bridgehead atoms. The number of nitrogens with zero attached hydrogens (tertiary/aromatic N) is 4. The highest BCUT2D eigenvalue weighted by Crippen LogP contribution is 2.22. The number of likely N-dealkylation sites (tertiary alicyclic amines) is 1. The highest BCUT2D eigenvalue weighted by molar-refractivity contribution is 6.09. The van der Waals surface area contributed by atoms with Crippen molar-refractivity contribution in [3.63, 3.8) is 0 Å². The van der Waals surface area contributed by atoms with Crippen molar-refractivity contribution in [2.24, 2.45) is 0 Å². The Morgan fingerprint density at radius 3 is 1.71 bits per heavy atom. The minimum atomic E-state index is -2.38. The summed E-state index contributed by atoms with van der Waals surface area (Å²) in [6.07, 6.45) is -6.07. The summed E-state index contributed by atoms with van der Waals surface area (Å²) >= 11 is 0. The van der Waals surface area contributed by atoms with Gasteiger partial charge in [-0.25, -0.2) is 4.98 Å². The van der Waals surface area contributed by atoms with Crippen LogP contribution in [0, 0.1) is 0 Å². The molecule has 11 atom stereocenters. The summed E-state index contributed by atoms with van der Waals surface area (Å²) in [5, 5.41) is 77.5. The smallest absolute Gasteiger partial charge is 0.305 e. The molecule has 0 spiro atoms. The van der Waals surface area contributed by atoms with E-state index >= 15 is 0 Å². The summed E-state index contributed by atoms with van der Waals surface area (Å²) < 4.78 is 0. The van der Waals surface area contributed by atoms with Gasteiger partial charge < -0.3 is 97.7 Å². The van der Waals surface area contributed by atoms with Gasteiger partial charge >= 0.3 is 29.8 Å². The minimum Gasteiger partial charge on any atom is -0.481 e. The second-order valence-corrected chi connectivity index (χ2v) is 20.4. The lowest BCUT2D eigenvalue weighted by molar-refractivity contribution is -0.149. The lowest BCUT2D eigenvalue weighted by Gasteiger charge is -2.35. The first kappa shape index (κ1) is 67.4. The number of aldehydes is 1. The highest BCUT2D eigenvalue weighted by Gasteiger charge is 2.45. The molecule has 10 amide bonds. The van der Waals surface area contributed by atoms with Crippen LogP contribution in [0.15, 0.2) is 12.5 Å². The lowest BCUT2D eigenvalue weighted by Crippen LogP contribution is -2.64. The number of H-pyrrole nitrogens is 1. The molecule has 3 aliphatic rings. The zero-order valence-corrected chi connectivity index (χ0v) is 45.8. The van der Waals surface area contributed by atoms with Crippen molar-refractivity contribution in [3.8, 4) is 0 Å². The molecule has 35 nitrogen and oxygen atoms in total. The van der Waals surface area contributed by atoms with Crippen LogP contribution in [0.25, 0.3) is 0 Å². The third-order valence-electron chi connectivity index (χ3n) is 14.0. The number of hydrogen-bond donors (Lipinski definition) is 15. The molecule has 15 N–H and O–H groups in total. The van der Waals surface area contributed by atoms with Gasteiger partial charge in [0.1, 0.15) is 54.1 Å². The third-order valence-corrected chi connectivity index (χ3v) is 14.0. The summed E-state index contributed by atoms with van der Waals surface area (Å²) in [4.78, 5) is 224. The Morgan fingerprint density at radius 1 is 0.655 bits per heavy atom.